The zero-order valence-electron chi connectivity index (χ0n) is 14.0. The lowest BCUT2D eigenvalue weighted by Gasteiger charge is -2.25. The quantitative estimate of drug-likeness (QED) is 0.271. The number of aliphatic imine (C=N–C) groups is 1. The Morgan fingerprint density at radius 1 is 1.39 bits per heavy atom. The minimum absolute atomic E-state index is 0. The number of halogens is 1. The number of aromatic nitrogens is 1. The van der Waals surface area contributed by atoms with Crippen LogP contribution in [0.4, 0.5) is 0 Å². The molecule has 0 aromatic carbocycles. The van der Waals surface area contributed by atoms with Crippen molar-refractivity contribution in [3.8, 4) is 5.88 Å². The Morgan fingerprint density at radius 3 is 2.91 bits per heavy atom. The van der Waals surface area contributed by atoms with Gasteiger partial charge in [0.25, 0.3) is 0 Å². The molecule has 3 N–H and O–H groups in total. The largest absolute Gasteiger partial charge is 0.474 e. The smallest absolute Gasteiger partial charge is 0.213 e. The lowest BCUT2D eigenvalue weighted by molar-refractivity contribution is 0.114. The molecule has 0 aliphatic heterocycles. The van der Waals surface area contributed by atoms with Gasteiger partial charge in [-0.2, -0.15) is 0 Å². The van der Waals surface area contributed by atoms with Gasteiger partial charge in [-0.15, -0.1) is 24.0 Å². The minimum Gasteiger partial charge on any atom is -0.474 e. The van der Waals surface area contributed by atoms with E-state index in [0.29, 0.717) is 24.5 Å². The Balaban J connectivity index is 0.00000264. The third-order valence-electron chi connectivity index (χ3n) is 3.91. The number of unbranched alkanes of at least 4 members (excludes halogenated alkanes) is 3. The molecule has 1 aliphatic carbocycles. The maximum absolute atomic E-state index is 5.88. The number of nitrogens with one attached hydrogen (secondary N) is 1. The number of hydrogen-bond acceptors (Lipinski definition) is 3. The molecule has 0 radical (unpaired) electrons. The average Bonchev–Trinajstić information content (AvgIpc) is 2.49. The highest BCUT2D eigenvalue weighted by molar-refractivity contribution is 14.0. The van der Waals surface area contributed by atoms with E-state index in [-0.39, 0.29) is 24.0 Å². The molecule has 23 heavy (non-hydrogen) atoms. The molecule has 0 unspecified atom stereocenters. The van der Waals surface area contributed by atoms with E-state index in [2.05, 4.69) is 22.2 Å². The van der Waals surface area contributed by atoms with Crippen LogP contribution in [-0.2, 0) is 6.54 Å². The van der Waals surface area contributed by atoms with Crippen molar-refractivity contribution in [3.63, 3.8) is 0 Å². The maximum atomic E-state index is 5.88. The molecule has 6 heteroatoms. The summed E-state index contributed by atoms with van der Waals surface area (Å²) < 4.78 is 5.79. The number of rotatable bonds is 9. The van der Waals surface area contributed by atoms with Crippen molar-refractivity contribution in [1.29, 1.82) is 0 Å². The summed E-state index contributed by atoms with van der Waals surface area (Å²) in [6, 6.07) is 3.90. The molecule has 1 aromatic heterocycles. The number of pyridine rings is 1. The first kappa shape index (κ1) is 20.0. The molecule has 0 bridgehead atoms. The number of ether oxygens (including phenoxy) is 1. The van der Waals surface area contributed by atoms with Crippen LogP contribution in [0.25, 0.3) is 0 Å². The molecule has 5 nitrogen and oxygen atoms in total. The zero-order valence-corrected chi connectivity index (χ0v) is 16.3. The standard InChI is InChI=1S/C17H28N4O.HI/c1-2-3-4-5-10-20-17(18)21-13-14-9-11-19-16(12-14)22-15-7-6-8-15;/h9,11-12,15H,2-8,10,13H2,1H3,(H3,18,20,21);1H. The summed E-state index contributed by atoms with van der Waals surface area (Å²) in [4.78, 5) is 8.62. The summed E-state index contributed by atoms with van der Waals surface area (Å²) in [5.74, 6) is 1.21. The Bertz CT molecular complexity index is 477. The van der Waals surface area contributed by atoms with Gasteiger partial charge in [-0.25, -0.2) is 9.98 Å². The normalized spacial score (nSPS) is 14.7. The molecule has 1 fully saturated rings. The monoisotopic (exact) mass is 432 g/mol. The van der Waals surface area contributed by atoms with E-state index in [9.17, 15) is 0 Å². The van der Waals surface area contributed by atoms with Gasteiger partial charge < -0.3 is 15.8 Å². The van der Waals surface area contributed by atoms with Crippen molar-refractivity contribution in [3.05, 3.63) is 23.9 Å². The van der Waals surface area contributed by atoms with Crippen LogP contribution in [0, 0.1) is 0 Å². The molecule has 0 amide bonds. The van der Waals surface area contributed by atoms with Crippen molar-refractivity contribution in [2.24, 2.45) is 10.7 Å². The molecule has 0 atom stereocenters. The van der Waals surface area contributed by atoms with Gasteiger partial charge in [0.15, 0.2) is 5.96 Å². The topological polar surface area (TPSA) is 72.5 Å². The number of nitrogens with two attached hydrogens (primary N) is 1. The summed E-state index contributed by atoms with van der Waals surface area (Å²) in [7, 11) is 0. The van der Waals surface area contributed by atoms with Gasteiger partial charge in [-0.3, -0.25) is 0 Å². The molecule has 2 rings (SSSR count). The third-order valence-corrected chi connectivity index (χ3v) is 3.91. The molecule has 1 heterocycles. The molecular weight excluding hydrogens is 403 g/mol. The van der Waals surface area contributed by atoms with E-state index in [0.717, 1.165) is 31.4 Å². The first-order valence-electron chi connectivity index (χ1n) is 8.43. The predicted molar refractivity (Wildman–Crippen MR) is 105 cm³/mol. The molecule has 1 saturated carbocycles. The Labute approximate surface area is 156 Å². The van der Waals surface area contributed by atoms with Crippen LogP contribution in [0.5, 0.6) is 5.88 Å². The second-order valence-electron chi connectivity index (χ2n) is 5.86. The van der Waals surface area contributed by atoms with Crippen LogP contribution < -0.4 is 15.8 Å². The van der Waals surface area contributed by atoms with Crippen LogP contribution in [0.3, 0.4) is 0 Å². The Hall–Kier alpha value is -1.05. The second kappa shape index (κ2) is 11.5. The van der Waals surface area contributed by atoms with Crippen molar-refractivity contribution < 1.29 is 4.74 Å². The van der Waals surface area contributed by atoms with E-state index in [4.69, 9.17) is 10.5 Å². The van der Waals surface area contributed by atoms with Crippen molar-refractivity contribution in [2.75, 3.05) is 6.54 Å². The molecule has 0 saturated heterocycles. The minimum atomic E-state index is 0. The zero-order chi connectivity index (χ0) is 15.6. The summed E-state index contributed by atoms with van der Waals surface area (Å²) in [5.41, 5.74) is 6.95. The highest BCUT2D eigenvalue weighted by atomic mass is 127. The summed E-state index contributed by atoms with van der Waals surface area (Å²) in [6.07, 6.45) is 10.6. The number of guanidine groups is 1. The van der Waals surface area contributed by atoms with Crippen LogP contribution in [-0.4, -0.2) is 23.6 Å². The fraction of sp³-hybridized carbons (Fsp3) is 0.647. The summed E-state index contributed by atoms with van der Waals surface area (Å²) in [5, 5.41) is 3.16. The molecule has 1 aromatic rings. The van der Waals surface area contributed by atoms with E-state index in [1.54, 1.807) is 6.20 Å². The van der Waals surface area contributed by atoms with Gasteiger partial charge >= 0.3 is 0 Å². The van der Waals surface area contributed by atoms with Crippen molar-refractivity contribution in [1.82, 2.24) is 10.3 Å². The first-order chi connectivity index (χ1) is 10.8. The lowest BCUT2D eigenvalue weighted by Crippen LogP contribution is -2.32. The van der Waals surface area contributed by atoms with Crippen LogP contribution in [0.15, 0.2) is 23.3 Å². The maximum Gasteiger partial charge on any atom is 0.213 e. The van der Waals surface area contributed by atoms with E-state index in [1.165, 1.54) is 25.7 Å². The predicted octanol–water partition coefficient (Wildman–Crippen LogP) is 3.62. The van der Waals surface area contributed by atoms with Gasteiger partial charge in [0.1, 0.15) is 6.10 Å². The van der Waals surface area contributed by atoms with E-state index >= 15 is 0 Å². The average molecular weight is 432 g/mol. The van der Waals surface area contributed by atoms with Gasteiger partial charge in [-0.1, -0.05) is 26.2 Å². The first-order valence-corrected chi connectivity index (χ1v) is 8.43. The van der Waals surface area contributed by atoms with Gasteiger partial charge in [0, 0.05) is 18.8 Å². The molecular formula is C17H29IN4O. The van der Waals surface area contributed by atoms with Crippen LogP contribution >= 0.6 is 24.0 Å². The third kappa shape index (κ3) is 7.85. The molecule has 1 aliphatic rings. The van der Waals surface area contributed by atoms with Crippen LogP contribution in [0.1, 0.15) is 57.4 Å². The summed E-state index contributed by atoms with van der Waals surface area (Å²) >= 11 is 0. The van der Waals surface area contributed by atoms with E-state index in [1.807, 2.05) is 12.1 Å². The Morgan fingerprint density at radius 2 is 2.22 bits per heavy atom. The van der Waals surface area contributed by atoms with Crippen molar-refractivity contribution >= 4 is 29.9 Å². The SMILES string of the molecule is CCCCCCNC(N)=NCc1ccnc(OC2CCC2)c1.I. The number of nitrogens with zero attached hydrogens (tertiary/aromatic N) is 2. The van der Waals surface area contributed by atoms with Crippen LogP contribution in [0.2, 0.25) is 0 Å². The summed E-state index contributed by atoms with van der Waals surface area (Å²) in [6.45, 7) is 3.65. The highest BCUT2D eigenvalue weighted by Crippen LogP contribution is 2.24. The van der Waals surface area contributed by atoms with E-state index < -0.39 is 0 Å². The highest BCUT2D eigenvalue weighted by Gasteiger charge is 2.19. The van der Waals surface area contributed by atoms with Gasteiger partial charge in [0.05, 0.1) is 6.54 Å². The van der Waals surface area contributed by atoms with Crippen molar-refractivity contribution in [2.45, 2.75) is 64.5 Å². The number of hydrogen-bond donors (Lipinski definition) is 2. The fourth-order valence-electron chi connectivity index (χ4n) is 2.27. The van der Waals surface area contributed by atoms with Gasteiger partial charge in [0.2, 0.25) is 5.88 Å². The molecule has 130 valence electrons. The lowest BCUT2D eigenvalue weighted by atomic mass is 9.96. The van der Waals surface area contributed by atoms with Gasteiger partial charge in [-0.05, 0) is 37.3 Å². The molecule has 0 spiro atoms. The second-order valence-corrected chi connectivity index (χ2v) is 5.86. The Kier molecular flexibility index (Phi) is 9.98. The fourth-order valence-corrected chi connectivity index (χ4v) is 2.27.